The molecule has 2 rings (SSSR count). The molecule has 0 atom stereocenters. The van der Waals surface area contributed by atoms with Crippen molar-refractivity contribution in [1.82, 2.24) is 0 Å². The molecule has 0 fully saturated rings. The molecule has 100 valence electrons. The summed E-state index contributed by atoms with van der Waals surface area (Å²) in [6.07, 6.45) is 0. The Morgan fingerprint density at radius 1 is 1.00 bits per heavy atom. The van der Waals surface area contributed by atoms with Crippen LogP contribution in [-0.4, -0.2) is 0 Å². The van der Waals surface area contributed by atoms with Gasteiger partial charge in [-0.2, -0.15) is 0 Å². The first-order valence-electron chi connectivity index (χ1n) is 6.35. The van der Waals surface area contributed by atoms with Crippen molar-refractivity contribution in [1.29, 1.82) is 0 Å². The first-order valence-corrected chi connectivity index (χ1v) is 7.52. The van der Waals surface area contributed by atoms with E-state index in [0.29, 0.717) is 0 Å². The zero-order valence-corrected chi connectivity index (χ0v) is 14.1. The maximum Gasteiger partial charge on any atom is 0.0441 e. The van der Waals surface area contributed by atoms with Gasteiger partial charge in [0.15, 0.2) is 0 Å². The molecule has 0 spiro atoms. The van der Waals surface area contributed by atoms with Crippen LogP contribution in [0.15, 0.2) is 40.9 Å². The Bertz CT molecular complexity index is 609. The van der Waals surface area contributed by atoms with E-state index < -0.39 is 0 Å². The Hall–Kier alpha value is -0.790. The molecule has 0 aliphatic heterocycles. The summed E-state index contributed by atoms with van der Waals surface area (Å²) < 4.78 is 1.11. The van der Waals surface area contributed by atoms with Crippen molar-refractivity contribution in [3.05, 3.63) is 57.0 Å². The average molecular weight is 338 g/mol. The summed E-state index contributed by atoms with van der Waals surface area (Å²) in [5.41, 5.74) is 4.90. The molecule has 0 aliphatic carbocycles. The van der Waals surface area contributed by atoms with Crippen LogP contribution in [0.5, 0.6) is 0 Å². The second-order valence-corrected chi connectivity index (χ2v) is 7.17. The number of hydrogen-bond donors (Lipinski definition) is 0. The molecule has 19 heavy (non-hydrogen) atoms. The van der Waals surface area contributed by atoms with Gasteiger partial charge in [0.2, 0.25) is 0 Å². The highest BCUT2D eigenvalue weighted by molar-refractivity contribution is 9.10. The maximum absolute atomic E-state index is 6.20. The van der Waals surface area contributed by atoms with Crippen LogP contribution in [0.1, 0.15) is 31.9 Å². The van der Waals surface area contributed by atoms with E-state index in [-0.39, 0.29) is 5.41 Å². The van der Waals surface area contributed by atoms with E-state index in [1.54, 1.807) is 0 Å². The predicted octanol–water partition coefficient (Wildman–Crippen LogP) is 6.38. The molecule has 2 heteroatoms. The third-order valence-corrected chi connectivity index (χ3v) is 4.38. The van der Waals surface area contributed by atoms with Gasteiger partial charge in [-0.15, -0.1) is 0 Å². The van der Waals surface area contributed by atoms with Crippen LogP contribution < -0.4 is 0 Å². The average Bonchev–Trinajstić information content (AvgIpc) is 2.31. The Kier molecular flexibility index (Phi) is 4.08. The Labute approximate surface area is 128 Å². The van der Waals surface area contributed by atoms with E-state index in [4.69, 9.17) is 11.6 Å². The molecule has 0 bridgehead atoms. The van der Waals surface area contributed by atoms with E-state index >= 15 is 0 Å². The fourth-order valence-electron chi connectivity index (χ4n) is 1.98. The molecule has 0 saturated heterocycles. The summed E-state index contributed by atoms with van der Waals surface area (Å²) in [5.74, 6) is 0. The van der Waals surface area contributed by atoms with Gasteiger partial charge >= 0.3 is 0 Å². The fraction of sp³-hybridized carbons (Fsp3) is 0.294. The number of aryl methyl sites for hydroxylation is 1. The van der Waals surface area contributed by atoms with E-state index in [2.05, 4.69) is 67.0 Å². The first kappa shape index (κ1) is 14.6. The lowest BCUT2D eigenvalue weighted by Gasteiger charge is -2.20. The van der Waals surface area contributed by atoms with Gasteiger partial charge < -0.3 is 0 Å². The minimum Gasteiger partial charge on any atom is -0.0840 e. The third-order valence-electron chi connectivity index (χ3n) is 3.32. The lowest BCUT2D eigenvalue weighted by molar-refractivity contribution is 0.590. The van der Waals surface area contributed by atoms with E-state index in [9.17, 15) is 0 Å². The van der Waals surface area contributed by atoms with Crippen molar-refractivity contribution in [2.75, 3.05) is 0 Å². The minimum absolute atomic E-state index is 0.159. The normalized spacial score (nSPS) is 11.7. The Balaban J connectivity index is 2.49. The first-order chi connectivity index (χ1) is 8.79. The molecule has 0 radical (unpaired) electrons. The van der Waals surface area contributed by atoms with Gasteiger partial charge in [-0.1, -0.05) is 72.6 Å². The van der Waals surface area contributed by atoms with Crippen LogP contribution in [-0.2, 0) is 5.41 Å². The summed E-state index contributed by atoms with van der Waals surface area (Å²) >= 11 is 9.88. The number of rotatable bonds is 1. The highest BCUT2D eigenvalue weighted by atomic mass is 79.9. The Morgan fingerprint density at radius 3 is 2.21 bits per heavy atom. The molecule has 0 amide bonds. The summed E-state index contributed by atoms with van der Waals surface area (Å²) in [4.78, 5) is 0. The smallest absolute Gasteiger partial charge is 0.0441 e. The van der Waals surface area contributed by atoms with Crippen LogP contribution in [0.2, 0.25) is 5.02 Å². The summed E-state index contributed by atoms with van der Waals surface area (Å²) in [6.45, 7) is 8.68. The number of benzene rings is 2. The number of halogens is 2. The van der Waals surface area contributed by atoms with Crippen molar-refractivity contribution in [2.24, 2.45) is 0 Å². The quantitative estimate of drug-likeness (QED) is 0.566. The van der Waals surface area contributed by atoms with E-state index in [0.717, 1.165) is 20.6 Å². The lowest BCUT2D eigenvalue weighted by atomic mass is 9.86. The van der Waals surface area contributed by atoms with E-state index in [1.165, 1.54) is 11.1 Å². The fourth-order valence-corrected chi connectivity index (χ4v) is 2.76. The topological polar surface area (TPSA) is 0 Å². The van der Waals surface area contributed by atoms with Crippen molar-refractivity contribution < 1.29 is 0 Å². The van der Waals surface area contributed by atoms with Crippen LogP contribution in [0, 0.1) is 6.92 Å². The minimum atomic E-state index is 0.159. The number of hydrogen-bond acceptors (Lipinski definition) is 0. The molecule has 0 saturated carbocycles. The summed E-state index contributed by atoms with van der Waals surface area (Å²) in [7, 11) is 0. The highest BCUT2D eigenvalue weighted by Crippen LogP contribution is 2.34. The SMILES string of the molecule is Cc1ccc(-c2ccc(C(C)(C)C)cc2Br)cc1Cl. The molecule has 0 nitrogen and oxygen atoms in total. The van der Waals surface area contributed by atoms with Gasteiger partial charge in [0, 0.05) is 9.50 Å². The molecule has 2 aromatic rings. The summed E-state index contributed by atoms with van der Waals surface area (Å²) in [5, 5.41) is 0.810. The monoisotopic (exact) mass is 336 g/mol. The molecular weight excluding hydrogens is 320 g/mol. The highest BCUT2D eigenvalue weighted by Gasteiger charge is 2.15. The molecule has 0 heterocycles. The molecule has 0 unspecified atom stereocenters. The van der Waals surface area contributed by atoms with Crippen molar-refractivity contribution in [2.45, 2.75) is 33.1 Å². The second-order valence-electron chi connectivity index (χ2n) is 5.91. The molecular formula is C17H18BrCl. The lowest BCUT2D eigenvalue weighted by Crippen LogP contribution is -2.10. The molecule has 0 aromatic heterocycles. The van der Waals surface area contributed by atoms with E-state index in [1.807, 2.05) is 13.0 Å². The maximum atomic E-state index is 6.20. The molecule has 0 aliphatic rings. The van der Waals surface area contributed by atoms with Crippen molar-refractivity contribution >= 4 is 27.5 Å². The standard InChI is InChI=1S/C17H18BrCl/c1-11-5-6-12(9-16(11)19)14-8-7-13(10-15(14)18)17(2,3)4/h5-10H,1-4H3. The Morgan fingerprint density at radius 2 is 1.68 bits per heavy atom. The van der Waals surface area contributed by atoms with Crippen LogP contribution in [0.25, 0.3) is 11.1 Å². The van der Waals surface area contributed by atoms with Gasteiger partial charge in [-0.3, -0.25) is 0 Å². The zero-order chi connectivity index (χ0) is 14.2. The zero-order valence-electron chi connectivity index (χ0n) is 11.7. The van der Waals surface area contributed by atoms with Crippen LogP contribution in [0.3, 0.4) is 0 Å². The van der Waals surface area contributed by atoms with Gasteiger partial charge in [-0.05, 0) is 46.7 Å². The van der Waals surface area contributed by atoms with Gasteiger partial charge in [0.25, 0.3) is 0 Å². The largest absolute Gasteiger partial charge is 0.0840 e. The van der Waals surface area contributed by atoms with Gasteiger partial charge in [0.1, 0.15) is 0 Å². The third kappa shape index (κ3) is 3.21. The van der Waals surface area contributed by atoms with Gasteiger partial charge in [-0.25, -0.2) is 0 Å². The van der Waals surface area contributed by atoms with Crippen molar-refractivity contribution in [3.8, 4) is 11.1 Å². The van der Waals surface area contributed by atoms with Crippen molar-refractivity contribution in [3.63, 3.8) is 0 Å². The molecule has 2 aromatic carbocycles. The van der Waals surface area contributed by atoms with Gasteiger partial charge in [0.05, 0.1) is 0 Å². The van der Waals surface area contributed by atoms with Crippen LogP contribution >= 0.6 is 27.5 Å². The predicted molar refractivity (Wildman–Crippen MR) is 88.0 cm³/mol. The molecule has 0 N–H and O–H groups in total. The second kappa shape index (κ2) is 5.30. The summed E-state index contributed by atoms with van der Waals surface area (Å²) in [6, 6.07) is 12.7. The van der Waals surface area contributed by atoms with Crippen LogP contribution in [0.4, 0.5) is 0 Å².